The number of likely N-dealkylation sites (tertiary alicyclic amines) is 1. The van der Waals surface area contributed by atoms with E-state index >= 15 is 0 Å². The molecule has 1 atom stereocenters. The third-order valence-electron chi connectivity index (χ3n) is 5.66. The molecule has 2 aromatic carbocycles. The molecule has 5 nitrogen and oxygen atoms in total. The smallest absolute Gasteiger partial charge is 0.295 e. The number of carbonyl (C=O) groups is 2. The fourth-order valence-corrected chi connectivity index (χ4v) is 3.94. The highest BCUT2D eigenvalue weighted by molar-refractivity contribution is 6.46. The van der Waals surface area contributed by atoms with Gasteiger partial charge in [-0.25, -0.2) is 0 Å². The number of aliphatic hydroxyl groups excluding tert-OH is 1. The van der Waals surface area contributed by atoms with Crippen LogP contribution < -0.4 is 0 Å². The monoisotopic (exact) mass is 406 g/mol. The average molecular weight is 407 g/mol. The summed E-state index contributed by atoms with van der Waals surface area (Å²) >= 11 is 0. The number of nitrogens with zero attached hydrogens (tertiary/aromatic N) is 2. The maximum atomic E-state index is 13.0. The highest BCUT2D eigenvalue weighted by Gasteiger charge is 2.46. The maximum absolute atomic E-state index is 13.0. The van der Waals surface area contributed by atoms with Crippen LogP contribution >= 0.6 is 0 Å². The van der Waals surface area contributed by atoms with Crippen LogP contribution in [0, 0.1) is 6.92 Å². The van der Waals surface area contributed by atoms with Crippen molar-refractivity contribution in [3.63, 3.8) is 0 Å². The lowest BCUT2D eigenvalue weighted by Gasteiger charge is -2.27. The quantitative estimate of drug-likeness (QED) is 0.430. The first kappa shape index (κ1) is 21.8. The molecule has 1 unspecified atom stereocenters. The highest BCUT2D eigenvalue weighted by Crippen LogP contribution is 2.40. The van der Waals surface area contributed by atoms with Crippen molar-refractivity contribution >= 4 is 17.4 Å². The first-order valence-electron chi connectivity index (χ1n) is 10.4. The van der Waals surface area contributed by atoms with Crippen LogP contribution in [0.5, 0.6) is 0 Å². The number of aryl methyl sites for hydroxylation is 2. The lowest BCUT2D eigenvalue weighted by Crippen LogP contribution is -2.32. The Kier molecular flexibility index (Phi) is 6.73. The molecule has 2 aromatic rings. The van der Waals surface area contributed by atoms with Crippen LogP contribution in [0.2, 0.25) is 0 Å². The number of Topliss-reactive ketones (excluding diaryl/α,β-unsaturated/α-hetero) is 1. The molecule has 0 bridgehead atoms. The maximum Gasteiger partial charge on any atom is 0.295 e. The molecule has 0 spiro atoms. The number of carbonyl (C=O) groups excluding carboxylic acids is 2. The third kappa shape index (κ3) is 4.31. The molecular weight excluding hydrogens is 376 g/mol. The molecule has 0 aromatic heterocycles. The number of ketones is 1. The molecule has 1 aliphatic heterocycles. The number of benzene rings is 2. The van der Waals surface area contributed by atoms with Crippen molar-refractivity contribution in [3.05, 3.63) is 76.4 Å². The van der Waals surface area contributed by atoms with Crippen molar-refractivity contribution in [1.82, 2.24) is 9.80 Å². The van der Waals surface area contributed by atoms with E-state index in [2.05, 4.69) is 11.8 Å². The van der Waals surface area contributed by atoms with Crippen LogP contribution in [0.15, 0.2) is 54.1 Å². The number of hydrogen-bond acceptors (Lipinski definition) is 4. The number of aliphatic hydroxyl groups is 1. The Hall–Kier alpha value is -2.92. The van der Waals surface area contributed by atoms with E-state index in [0.717, 1.165) is 36.1 Å². The van der Waals surface area contributed by atoms with Crippen LogP contribution in [0.25, 0.3) is 5.76 Å². The predicted molar refractivity (Wildman–Crippen MR) is 119 cm³/mol. The molecule has 1 amide bonds. The van der Waals surface area contributed by atoms with Gasteiger partial charge in [-0.1, -0.05) is 55.5 Å². The van der Waals surface area contributed by atoms with E-state index in [4.69, 9.17) is 0 Å². The minimum absolute atomic E-state index is 0.112. The SMILES string of the molecule is CCc1ccc(/C(O)=C2/C(=O)C(=O)N(CCCN(C)C)C2c2ccccc2C)cc1. The molecule has 3 rings (SSSR count). The Labute approximate surface area is 178 Å². The van der Waals surface area contributed by atoms with Gasteiger partial charge in [0, 0.05) is 12.1 Å². The summed E-state index contributed by atoms with van der Waals surface area (Å²) < 4.78 is 0. The van der Waals surface area contributed by atoms with Gasteiger partial charge in [0.25, 0.3) is 11.7 Å². The number of amides is 1. The largest absolute Gasteiger partial charge is 0.507 e. The molecule has 1 fully saturated rings. The zero-order valence-electron chi connectivity index (χ0n) is 18.2. The molecule has 1 saturated heterocycles. The topological polar surface area (TPSA) is 60.9 Å². The minimum atomic E-state index is -0.620. The van der Waals surface area contributed by atoms with Crippen molar-refractivity contribution < 1.29 is 14.7 Å². The Balaban J connectivity index is 2.09. The van der Waals surface area contributed by atoms with E-state index in [9.17, 15) is 14.7 Å². The van der Waals surface area contributed by atoms with Gasteiger partial charge in [-0.2, -0.15) is 0 Å². The first-order valence-corrected chi connectivity index (χ1v) is 10.4. The molecule has 0 aliphatic carbocycles. The van der Waals surface area contributed by atoms with Gasteiger partial charge in [-0.3, -0.25) is 9.59 Å². The number of rotatable bonds is 7. The van der Waals surface area contributed by atoms with Crippen LogP contribution in [-0.2, 0) is 16.0 Å². The van der Waals surface area contributed by atoms with Gasteiger partial charge in [0.15, 0.2) is 0 Å². The number of hydrogen-bond donors (Lipinski definition) is 1. The summed E-state index contributed by atoms with van der Waals surface area (Å²) in [7, 11) is 3.96. The van der Waals surface area contributed by atoms with Crippen LogP contribution in [0.3, 0.4) is 0 Å². The van der Waals surface area contributed by atoms with Crippen molar-refractivity contribution in [2.45, 2.75) is 32.7 Å². The highest BCUT2D eigenvalue weighted by atomic mass is 16.3. The fraction of sp³-hybridized carbons (Fsp3) is 0.360. The molecule has 0 radical (unpaired) electrons. The van der Waals surface area contributed by atoms with Crippen LogP contribution in [0.4, 0.5) is 0 Å². The Morgan fingerprint density at radius 3 is 2.33 bits per heavy atom. The van der Waals surface area contributed by atoms with E-state index in [1.165, 1.54) is 0 Å². The summed E-state index contributed by atoms with van der Waals surface area (Å²) in [6.07, 6.45) is 1.63. The normalized spacial score (nSPS) is 18.4. The average Bonchev–Trinajstić information content (AvgIpc) is 2.98. The Morgan fingerprint density at radius 2 is 1.73 bits per heavy atom. The summed E-state index contributed by atoms with van der Waals surface area (Å²) in [5, 5.41) is 11.1. The molecule has 1 heterocycles. The molecule has 5 heteroatoms. The van der Waals surface area contributed by atoms with Gasteiger partial charge in [-0.05, 0) is 57.1 Å². The minimum Gasteiger partial charge on any atom is -0.507 e. The Bertz CT molecular complexity index is 961. The van der Waals surface area contributed by atoms with Crippen LogP contribution in [0.1, 0.15) is 41.6 Å². The van der Waals surface area contributed by atoms with Gasteiger partial charge in [-0.15, -0.1) is 0 Å². The molecule has 1 N–H and O–H groups in total. The van der Waals surface area contributed by atoms with E-state index in [1.54, 1.807) is 4.90 Å². The zero-order chi connectivity index (χ0) is 21.8. The van der Waals surface area contributed by atoms with E-state index in [-0.39, 0.29) is 11.3 Å². The second-order valence-electron chi connectivity index (χ2n) is 8.06. The van der Waals surface area contributed by atoms with Gasteiger partial charge < -0.3 is 14.9 Å². The summed E-state index contributed by atoms with van der Waals surface area (Å²) in [4.78, 5) is 29.6. The van der Waals surface area contributed by atoms with Crippen molar-refractivity contribution in [2.75, 3.05) is 27.2 Å². The van der Waals surface area contributed by atoms with Crippen molar-refractivity contribution in [2.24, 2.45) is 0 Å². The first-order chi connectivity index (χ1) is 14.3. The molecule has 0 saturated carbocycles. The lowest BCUT2D eigenvalue weighted by atomic mass is 9.92. The predicted octanol–water partition coefficient (Wildman–Crippen LogP) is 3.93. The van der Waals surface area contributed by atoms with Gasteiger partial charge >= 0.3 is 0 Å². The molecule has 158 valence electrons. The molecular formula is C25H30N2O3. The van der Waals surface area contributed by atoms with Crippen LogP contribution in [-0.4, -0.2) is 53.8 Å². The van der Waals surface area contributed by atoms with Crippen molar-refractivity contribution in [3.8, 4) is 0 Å². The second-order valence-corrected chi connectivity index (χ2v) is 8.06. The van der Waals surface area contributed by atoms with Gasteiger partial charge in [0.05, 0.1) is 11.6 Å². The summed E-state index contributed by atoms with van der Waals surface area (Å²) in [5.41, 5.74) is 3.72. The van der Waals surface area contributed by atoms with E-state index < -0.39 is 17.7 Å². The Morgan fingerprint density at radius 1 is 1.07 bits per heavy atom. The van der Waals surface area contributed by atoms with Gasteiger partial charge in [0.2, 0.25) is 0 Å². The molecule has 1 aliphatic rings. The standard InChI is InChI=1S/C25H30N2O3/c1-5-18-11-13-19(14-12-18)23(28)21-22(20-10-7-6-9-17(20)2)27(25(30)24(21)29)16-8-15-26(3)4/h6-7,9-14,22,28H,5,8,15-16H2,1-4H3/b23-21-. The summed E-state index contributed by atoms with van der Waals surface area (Å²) in [6, 6.07) is 14.6. The van der Waals surface area contributed by atoms with Gasteiger partial charge in [0.1, 0.15) is 5.76 Å². The molecule has 30 heavy (non-hydrogen) atoms. The van der Waals surface area contributed by atoms with E-state index in [1.807, 2.05) is 69.6 Å². The van der Waals surface area contributed by atoms with Crippen molar-refractivity contribution in [1.29, 1.82) is 0 Å². The lowest BCUT2D eigenvalue weighted by molar-refractivity contribution is -0.139. The second kappa shape index (κ2) is 9.26. The fourth-order valence-electron chi connectivity index (χ4n) is 3.94. The van der Waals surface area contributed by atoms with E-state index in [0.29, 0.717) is 12.1 Å². The third-order valence-corrected chi connectivity index (χ3v) is 5.66. The zero-order valence-corrected chi connectivity index (χ0v) is 18.2. The summed E-state index contributed by atoms with van der Waals surface area (Å²) in [6.45, 7) is 5.28. The summed E-state index contributed by atoms with van der Waals surface area (Å²) in [5.74, 6) is -1.28.